The van der Waals surface area contributed by atoms with Crippen LogP contribution in [0.2, 0.25) is 0 Å². The maximum absolute atomic E-state index is 13.4. The summed E-state index contributed by atoms with van der Waals surface area (Å²) in [6, 6.07) is 22.4. The van der Waals surface area contributed by atoms with E-state index in [9.17, 15) is 14.7 Å². The van der Waals surface area contributed by atoms with E-state index in [1.54, 1.807) is 14.2 Å². The van der Waals surface area contributed by atoms with Crippen molar-refractivity contribution in [1.29, 1.82) is 0 Å². The first kappa shape index (κ1) is 41.8. The molecule has 2 aromatic heterocycles. The summed E-state index contributed by atoms with van der Waals surface area (Å²) < 4.78 is 21.9. The van der Waals surface area contributed by atoms with Crippen LogP contribution in [0.15, 0.2) is 66.7 Å². The molecule has 1 N–H and O–H groups in total. The molecule has 0 saturated heterocycles. The second-order valence-corrected chi connectivity index (χ2v) is 14.9. The van der Waals surface area contributed by atoms with Crippen molar-refractivity contribution in [3.05, 3.63) is 94.8 Å². The van der Waals surface area contributed by atoms with E-state index in [1.807, 2.05) is 66.1 Å². The van der Waals surface area contributed by atoms with Crippen molar-refractivity contribution in [2.75, 3.05) is 53.6 Å². The van der Waals surface area contributed by atoms with Gasteiger partial charge in [0.25, 0.3) is 0 Å². The molecular weight excluding hydrogens is 717 g/mol. The smallest absolute Gasteiger partial charge is 0.230 e. The van der Waals surface area contributed by atoms with Gasteiger partial charge in [0.15, 0.2) is 0 Å². The number of benzene rings is 3. The maximum Gasteiger partial charge on any atom is 0.230 e. The Kier molecular flexibility index (Phi) is 14.4. The molecule has 306 valence electrons. The molecule has 0 aliphatic heterocycles. The van der Waals surface area contributed by atoms with Gasteiger partial charge in [0.2, 0.25) is 11.8 Å². The monoisotopic (exact) mass is 778 g/mol. The Labute approximate surface area is 338 Å². The third-order valence-corrected chi connectivity index (χ3v) is 12.0. The van der Waals surface area contributed by atoms with Crippen LogP contribution in [0.4, 0.5) is 0 Å². The lowest BCUT2D eigenvalue weighted by Gasteiger charge is -2.29. The zero-order valence-corrected chi connectivity index (χ0v) is 34.9. The van der Waals surface area contributed by atoms with E-state index in [-0.39, 0.29) is 30.3 Å². The second kappa shape index (κ2) is 19.6. The Morgan fingerprint density at radius 1 is 0.667 bits per heavy atom. The first-order valence-corrected chi connectivity index (χ1v) is 21.0. The van der Waals surface area contributed by atoms with Gasteiger partial charge < -0.3 is 38.3 Å². The van der Waals surface area contributed by atoms with E-state index in [4.69, 9.17) is 14.2 Å². The molecule has 10 heteroatoms. The van der Waals surface area contributed by atoms with Gasteiger partial charge in [-0.05, 0) is 107 Å². The van der Waals surface area contributed by atoms with E-state index in [2.05, 4.69) is 47.2 Å². The number of nitrogens with zero attached hydrogens (tertiary/aromatic N) is 4. The number of likely N-dealkylation sites (N-methyl/N-ethyl adjacent to an activating group) is 2. The van der Waals surface area contributed by atoms with Crippen LogP contribution in [0.1, 0.15) is 93.3 Å². The minimum atomic E-state index is -0.123. The number of carbonyl (C=O) groups is 2. The number of aromatic nitrogens is 2. The fourth-order valence-corrected chi connectivity index (χ4v) is 9.30. The largest absolute Gasteiger partial charge is 0.496 e. The molecule has 0 spiro atoms. The van der Waals surface area contributed by atoms with E-state index in [0.717, 1.165) is 110 Å². The minimum absolute atomic E-state index is 0.0854. The number of hydrogen-bond acceptors (Lipinski definition) is 6. The van der Waals surface area contributed by atoms with Gasteiger partial charge in [-0.25, -0.2) is 0 Å². The van der Waals surface area contributed by atoms with Crippen LogP contribution in [0.3, 0.4) is 0 Å². The quantitative estimate of drug-likeness (QED) is 0.108. The van der Waals surface area contributed by atoms with Crippen LogP contribution in [-0.2, 0) is 46.9 Å². The number of hydrogen-bond donors (Lipinski definition) is 1. The predicted molar refractivity (Wildman–Crippen MR) is 227 cm³/mol. The number of rotatable bonds is 15. The molecule has 2 amide bonds. The number of fused-ring (bicyclic) bond motifs is 6. The molecule has 2 aliphatic rings. The molecular formula is C47H62N4O6. The fraction of sp³-hybridized carbons (Fsp3) is 0.489. The Bertz CT molecular complexity index is 2110. The molecule has 0 saturated carbocycles. The van der Waals surface area contributed by atoms with E-state index in [1.165, 1.54) is 22.5 Å². The lowest BCUT2D eigenvalue weighted by Crippen LogP contribution is -2.36. The van der Waals surface area contributed by atoms with Crippen molar-refractivity contribution in [1.82, 2.24) is 18.9 Å². The molecule has 2 atom stereocenters. The zero-order chi connectivity index (χ0) is 40.5. The summed E-state index contributed by atoms with van der Waals surface area (Å²) in [4.78, 5) is 30.5. The van der Waals surface area contributed by atoms with Crippen molar-refractivity contribution in [2.45, 2.75) is 97.8 Å². The average molecular weight is 779 g/mol. The summed E-state index contributed by atoms with van der Waals surface area (Å²) >= 11 is 0. The first-order chi connectivity index (χ1) is 27.9. The van der Waals surface area contributed by atoms with E-state index < -0.39 is 0 Å². The van der Waals surface area contributed by atoms with Crippen molar-refractivity contribution in [2.24, 2.45) is 0 Å². The highest BCUT2D eigenvalue weighted by Gasteiger charge is 2.36. The second-order valence-electron chi connectivity index (χ2n) is 14.9. The molecule has 5 aromatic rings. The topological polar surface area (TPSA) is 98.4 Å². The number of aliphatic hydroxyl groups is 1. The molecule has 2 heterocycles. The number of methoxy groups -OCH3 is 2. The maximum atomic E-state index is 13.4. The third-order valence-electron chi connectivity index (χ3n) is 12.0. The van der Waals surface area contributed by atoms with Gasteiger partial charge >= 0.3 is 0 Å². The highest BCUT2D eigenvalue weighted by molar-refractivity contribution is 5.98. The molecule has 2 unspecified atom stereocenters. The predicted octanol–water partition coefficient (Wildman–Crippen LogP) is 8.09. The Morgan fingerprint density at radius 2 is 1.14 bits per heavy atom. The van der Waals surface area contributed by atoms with Gasteiger partial charge in [-0.15, -0.1) is 0 Å². The summed E-state index contributed by atoms with van der Waals surface area (Å²) in [6.45, 7) is 13.7. The summed E-state index contributed by atoms with van der Waals surface area (Å²) in [5, 5.41) is 11.7. The van der Waals surface area contributed by atoms with Crippen molar-refractivity contribution in [3.8, 4) is 11.5 Å². The summed E-state index contributed by atoms with van der Waals surface area (Å²) in [5.41, 5.74) is 8.11. The molecule has 57 heavy (non-hydrogen) atoms. The number of aliphatic hydroxyl groups excluding tert-OH is 1. The van der Waals surface area contributed by atoms with Gasteiger partial charge in [0.1, 0.15) is 11.5 Å². The fourth-order valence-electron chi connectivity index (χ4n) is 9.30. The van der Waals surface area contributed by atoms with Crippen molar-refractivity contribution >= 4 is 33.6 Å². The number of ether oxygens (including phenoxy) is 3. The van der Waals surface area contributed by atoms with Crippen molar-refractivity contribution in [3.63, 3.8) is 0 Å². The van der Waals surface area contributed by atoms with Crippen LogP contribution in [-0.4, -0.2) is 89.5 Å². The zero-order valence-electron chi connectivity index (χ0n) is 34.9. The van der Waals surface area contributed by atoms with E-state index in [0.29, 0.717) is 19.8 Å². The molecule has 2 aliphatic carbocycles. The van der Waals surface area contributed by atoms with Crippen LogP contribution in [0, 0.1) is 0 Å². The minimum Gasteiger partial charge on any atom is -0.496 e. The van der Waals surface area contributed by atoms with Crippen LogP contribution < -0.4 is 9.47 Å². The Morgan fingerprint density at radius 3 is 1.58 bits per heavy atom. The normalized spacial score (nSPS) is 16.1. The van der Waals surface area contributed by atoms with Gasteiger partial charge in [-0.2, -0.15) is 0 Å². The molecule has 0 bridgehead atoms. The molecule has 10 nitrogen and oxygen atoms in total. The lowest BCUT2D eigenvalue weighted by atomic mass is 9.84. The lowest BCUT2D eigenvalue weighted by molar-refractivity contribution is -0.133. The van der Waals surface area contributed by atoms with Gasteiger partial charge in [-0.1, -0.05) is 42.5 Å². The molecule has 3 aromatic carbocycles. The van der Waals surface area contributed by atoms with Crippen LogP contribution >= 0.6 is 0 Å². The van der Waals surface area contributed by atoms with Gasteiger partial charge in [0, 0.05) is 61.4 Å². The van der Waals surface area contributed by atoms with Crippen LogP contribution in [0.5, 0.6) is 11.5 Å². The number of carbonyl (C=O) groups excluding carboxylic acids is 2. The highest BCUT2D eigenvalue weighted by atomic mass is 16.5. The Balaban J connectivity index is 0.000000199. The van der Waals surface area contributed by atoms with Gasteiger partial charge in [0.05, 0.1) is 56.9 Å². The van der Waals surface area contributed by atoms with Crippen LogP contribution in [0.25, 0.3) is 21.8 Å². The molecule has 0 radical (unpaired) electrons. The first-order valence-electron chi connectivity index (χ1n) is 21.0. The van der Waals surface area contributed by atoms with Gasteiger partial charge in [-0.3, -0.25) is 9.59 Å². The average Bonchev–Trinajstić information content (AvgIpc) is 3.76. The number of amides is 2. The Hall–Kier alpha value is -4.80. The SMILES string of the molecule is CCN(CC)C(=O)C1CCCc2c1c1c(OC)cccc1n2CCO.CCN(CC)C(=O)C1CCCc2c1c1c(OC)cccc1n2CCOCc1ccccc1. The molecule has 0 fully saturated rings. The standard InChI is InChI=1S/C27H34N2O3.C20H28N2O3/c1-4-28(5-2)27(30)21-13-9-14-22-25(21)26-23(15-10-16-24(26)31-3)29(22)17-18-32-19-20-11-7-6-8-12-20;1-4-21(5-2)20(24)14-8-6-9-15-18(14)19-16(22(15)12-13-23)10-7-11-17(19)25-3/h6-8,10-12,15-16,21H,4-5,9,13-14,17-19H2,1-3H3;7,10-11,14,23H,4-6,8-9,12-13H2,1-3H3. The summed E-state index contributed by atoms with van der Waals surface area (Å²) in [7, 11) is 3.39. The van der Waals surface area contributed by atoms with Crippen molar-refractivity contribution < 1.29 is 28.9 Å². The highest BCUT2D eigenvalue weighted by Crippen LogP contribution is 2.45. The summed E-state index contributed by atoms with van der Waals surface area (Å²) in [6.07, 6.45) is 5.70. The van der Waals surface area contributed by atoms with E-state index >= 15 is 0 Å². The molecule has 7 rings (SSSR count). The third kappa shape index (κ3) is 8.44. The summed E-state index contributed by atoms with van der Waals surface area (Å²) in [5.74, 6) is 1.87.